The minimum atomic E-state index is -0.222. The number of rotatable bonds is 6. The lowest BCUT2D eigenvalue weighted by molar-refractivity contribution is 0.499. The van der Waals surface area contributed by atoms with Gasteiger partial charge in [-0.05, 0) is 37.0 Å². The molecule has 0 radical (unpaired) electrons. The molecule has 0 spiro atoms. The molecule has 0 aliphatic carbocycles. The zero-order valence-corrected chi connectivity index (χ0v) is 8.75. The summed E-state index contributed by atoms with van der Waals surface area (Å²) < 4.78 is 12.7. The molecule has 0 aliphatic heterocycles. The van der Waals surface area contributed by atoms with E-state index in [1.807, 2.05) is 6.08 Å². The van der Waals surface area contributed by atoms with Crippen LogP contribution in [0.5, 0.6) is 0 Å². The van der Waals surface area contributed by atoms with E-state index in [1.54, 1.807) is 12.1 Å². The Morgan fingerprint density at radius 2 is 2.07 bits per heavy atom. The van der Waals surface area contributed by atoms with Crippen LogP contribution in [0.2, 0.25) is 0 Å². The van der Waals surface area contributed by atoms with E-state index in [-0.39, 0.29) is 11.9 Å². The van der Waals surface area contributed by atoms with E-state index in [1.165, 1.54) is 12.1 Å². The van der Waals surface area contributed by atoms with Gasteiger partial charge >= 0.3 is 0 Å². The first-order chi connectivity index (χ1) is 7.27. The zero-order chi connectivity index (χ0) is 11.1. The number of allylic oxidation sites excluding steroid dienone is 1. The molecule has 3 heteroatoms. The Kier molecular flexibility index (Phi) is 5.01. The standard InChI is InChI=1S/C12H17FN2/c1-2-3-4-5-12(15-14)10-6-8-11(13)9-7-10/h2,6-9,12,15H,1,3-5,14H2. The second-order valence-electron chi connectivity index (χ2n) is 3.49. The topological polar surface area (TPSA) is 38.0 Å². The molecule has 1 rings (SSSR count). The highest BCUT2D eigenvalue weighted by molar-refractivity contribution is 5.19. The second-order valence-corrected chi connectivity index (χ2v) is 3.49. The summed E-state index contributed by atoms with van der Waals surface area (Å²) in [5, 5.41) is 0. The molecular weight excluding hydrogens is 191 g/mol. The van der Waals surface area contributed by atoms with Crippen LogP contribution >= 0.6 is 0 Å². The minimum Gasteiger partial charge on any atom is -0.271 e. The Labute approximate surface area is 90.0 Å². The molecule has 82 valence electrons. The van der Waals surface area contributed by atoms with Gasteiger partial charge in [0.1, 0.15) is 5.82 Å². The van der Waals surface area contributed by atoms with Crippen LogP contribution < -0.4 is 11.3 Å². The highest BCUT2D eigenvalue weighted by Gasteiger charge is 2.08. The molecule has 0 saturated heterocycles. The molecule has 1 unspecified atom stereocenters. The fourth-order valence-corrected chi connectivity index (χ4v) is 1.51. The molecule has 0 heterocycles. The molecule has 0 fully saturated rings. The van der Waals surface area contributed by atoms with Gasteiger partial charge in [0.15, 0.2) is 0 Å². The van der Waals surface area contributed by atoms with E-state index in [9.17, 15) is 4.39 Å². The SMILES string of the molecule is C=CCCCC(NN)c1ccc(F)cc1. The van der Waals surface area contributed by atoms with Crippen molar-refractivity contribution >= 4 is 0 Å². The van der Waals surface area contributed by atoms with E-state index in [2.05, 4.69) is 12.0 Å². The van der Waals surface area contributed by atoms with Crippen molar-refractivity contribution in [3.63, 3.8) is 0 Å². The van der Waals surface area contributed by atoms with Crippen LogP contribution in [0.4, 0.5) is 4.39 Å². The predicted octanol–water partition coefficient (Wildman–Crippen LogP) is 2.69. The Morgan fingerprint density at radius 3 is 2.60 bits per heavy atom. The van der Waals surface area contributed by atoms with Crippen LogP contribution in [0.3, 0.4) is 0 Å². The summed E-state index contributed by atoms with van der Waals surface area (Å²) in [6.07, 6.45) is 4.81. The number of nitrogens with two attached hydrogens (primary N) is 1. The van der Waals surface area contributed by atoms with E-state index >= 15 is 0 Å². The lowest BCUT2D eigenvalue weighted by atomic mass is 10.0. The minimum absolute atomic E-state index is 0.0885. The molecule has 0 bridgehead atoms. The van der Waals surface area contributed by atoms with Crippen molar-refractivity contribution in [2.75, 3.05) is 0 Å². The Balaban J connectivity index is 2.57. The van der Waals surface area contributed by atoms with Crippen molar-refractivity contribution in [3.05, 3.63) is 48.3 Å². The molecule has 0 amide bonds. The van der Waals surface area contributed by atoms with Crippen LogP contribution in [0.1, 0.15) is 30.9 Å². The highest BCUT2D eigenvalue weighted by Crippen LogP contribution is 2.18. The molecule has 1 aromatic carbocycles. The lowest BCUT2D eigenvalue weighted by Crippen LogP contribution is -2.27. The highest BCUT2D eigenvalue weighted by atomic mass is 19.1. The molecule has 0 aromatic heterocycles. The number of hydrazine groups is 1. The first-order valence-corrected chi connectivity index (χ1v) is 5.10. The lowest BCUT2D eigenvalue weighted by Gasteiger charge is -2.15. The molecule has 0 aliphatic rings. The molecule has 1 aromatic rings. The largest absolute Gasteiger partial charge is 0.271 e. The number of halogens is 1. The Morgan fingerprint density at radius 1 is 1.40 bits per heavy atom. The summed E-state index contributed by atoms with van der Waals surface area (Å²) >= 11 is 0. The molecule has 3 N–H and O–H groups in total. The van der Waals surface area contributed by atoms with Gasteiger partial charge in [-0.1, -0.05) is 18.2 Å². The van der Waals surface area contributed by atoms with Crippen LogP contribution in [0, 0.1) is 5.82 Å². The summed E-state index contributed by atoms with van der Waals surface area (Å²) in [6.45, 7) is 3.67. The van der Waals surface area contributed by atoms with Crippen molar-refractivity contribution in [3.8, 4) is 0 Å². The summed E-state index contributed by atoms with van der Waals surface area (Å²) in [5.41, 5.74) is 3.76. The van der Waals surface area contributed by atoms with Crippen molar-refractivity contribution in [2.24, 2.45) is 5.84 Å². The van der Waals surface area contributed by atoms with Crippen molar-refractivity contribution < 1.29 is 4.39 Å². The average Bonchev–Trinajstić information content (AvgIpc) is 2.26. The van der Waals surface area contributed by atoms with Gasteiger partial charge in [0.05, 0.1) is 0 Å². The van der Waals surface area contributed by atoms with Gasteiger partial charge in [0.2, 0.25) is 0 Å². The van der Waals surface area contributed by atoms with Crippen LogP contribution in [0.15, 0.2) is 36.9 Å². The van der Waals surface area contributed by atoms with Crippen molar-refractivity contribution in [1.29, 1.82) is 0 Å². The van der Waals surface area contributed by atoms with E-state index in [4.69, 9.17) is 5.84 Å². The second kappa shape index (κ2) is 6.32. The summed E-state index contributed by atoms with van der Waals surface area (Å²) in [4.78, 5) is 0. The number of hydrogen-bond acceptors (Lipinski definition) is 2. The van der Waals surface area contributed by atoms with E-state index in [0.29, 0.717) is 0 Å². The first-order valence-electron chi connectivity index (χ1n) is 5.10. The predicted molar refractivity (Wildman–Crippen MR) is 60.5 cm³/mol. The van der Waals surface area contributed by atoms with Gasteiger partial charge in [-0.25, -0.2) is 4.39 Å². The molecule has 2 nitrogen and oxygen atoms in total. The van der Waals surface area contributed by atoms with Gasteiger partial charge in [-0.2, -0.15) is 0 Å². The maximum atomic E-state index is 12.7. The number of unbranched alkanes of at least 4 members (excludes halogenated alkanes) is 1. The van der Waals surface area contributed by atoms with Crippen LogP contribution in [-0.2, 0) is 0 Å². The summed E-state index contributed by atoms with van der Waals surface area (Å²) in [6, 6.07) is 6.51. The maximum Gasteiger partial charge on any atom is 0.123 e. The van der Waals surface area contributed by atoms with Crippen molar-refractivity contribution in [1.82, 2.24) is 5.43 Å². The number of hydrogen-bond donors (Lipinski definition) is 2. The quantitative estimate of drug-likeness (QED) is 0.326. The summed E-state index contributed by atoms with van der Waals surface area (Å²) in [5.74, 6) is 5.23. The Hall–Kier alpha value is -1.19. The first kappa shape index (κ1) is 11.9. The van der Waals surface area contributed by atoms with E-state index in [0.717, 1.165) is 24.8 Å². The van der Waals surface area contributed by atoms with Gasteiger partial charge < -0.3 is 0 Å². The van der Waals surface area contributed by atoms with E-state index < -0.39 is 0 Å². The van der Waals surface area contributed by atoms with Gasteiger partial charge in [0, 0.05) is 6.04 Å². The monoisotopic (exact) mass is 208 g/mol. The third-order valence-electron chi connectivity index (χ3n) is 2.37. The summed E-state index contributed by atoms with van der Waals surface area (Å²) in [7, 11) is 0. The molecule has 0 saturated carbocycles. The average molecular weight is 208 g/mol. The van der Waals surface area contributed by atoms with Crippen molar-refractivity contribution in [2.45, 2.75) is 25.3 Å². The Bertz CT molecular complexity index is 295. The van der Waals surface area contributed by atoms with Crippen LogP contribution in [-0.4, -0.2) is 0 Å². The zero-order valence-electron chi connectivity index (χ0n) is 8.75. The molecular formula is C12H17FN2. The van der Waals surface area contributed by atoms with Gasteiger partial charge in [-0.15, -0.1) is 6.58 Å². The number of benzene rings is 1. The van der Waals surface area contributed by atoms with Crippen LogP contribution in [0.25, 0.3) is 0 Å². The fraction of sp³-hybridized carbons (Fsp3) is 0.333. The molecule has 1 atom stereocenters. The fourth-order valence-electron chi connectivity index (χ4n) is 1.51. The molecule has 15 heavy (non-hydrogen) atoms. The smallest absolute Gasteiger partial charge is 0.123 e. The van der Waals surface area contributed by atoms with Gasteiger partial charge in [0.25, 0.3) is 0 Å². The van der Waals surface area contributed by atoms with Gasteiger partial charge in [-0.3, -0.25) is 11.3 Å². The third kappa shape index (κ3) is 3.81. The third-order valence-corrected chi connectivity index (χ3v) is 2.37. The number of nitrogens with one attached hydrogen (secondary N) is 1. The maximum absolute atomic E-state index is 12.7. The normalized spacial score (nSPS) is 12.4.